The van der Waals surface area contributed by atoms with Gasteiger partial charge in [-0.25, -0.2) is 5.43 Å². The number of ether oxygens (including phenoxy) is 2. The minimum Gasteiger partial charge on any atom is -0.489 e. The molecule has 0 unspecified atom stereocenters. The van der Waals surface area contributed by atoms with Gasteiger partial charge in [-0.3, -0.25) is 4.79 Å². The number of nitrogens with one attached hydrogen (secondary N) is 1. The van der Waals surface area contributed by atoms with Gasteiger partial charge < -0.3 is 9.47 Å². The third kappa shape index (κ3) is 6.60. The molecule has 0 saturated carbocycles. The average molecular weight is 424 g/mol. The Morgan fingerprint density at radius 1 is 1.28 bits per heavy atom. The third-order valence-corrected chi connectivity index (χ3v) is 3.62. The molecule has 0 saturated heterocycles. The van der Waals surface area contributed by atoms with Gasteiger partial charge in [0.25, 0.3) is 5.91 Å². The Morgan fingerprint density at radius 2 is 2.12 bits per heavy atom. The van der Waals surface area contributed by atoms with E-state index in [1.807, 2.05) is 12.1 Å². The van der Waals surface area contributed by atoms with Crippen molar-refractivity contribution in [3.63, 3.8) is 0 Å². The van der Waals surface area contributed by atoms with Crippen molar-refractivity contribution in [3.8, 4) is 11.5 Å². The highest BCUT2D eigenvalue weighted by Crippen LogP contribution is 2.21. The Kier molecular flexibility index (Phi) is 7.50. The van der Waals surface area contributed by atoms with Crippen molar-refractivity contribution in [2.45, 2.75) is 0 Å². The van der Waals surface area contributed by atoms with E-state index in [4.69, 9.17) is 21.1 Å². The number of amides is 1. The van der Waals surface area contributed by atoms with Gasteiger partial charge in [0.2, 0.25) is 0 Å². The summed E-state index contributed by atoms with van der Waals surface area (Å²) in [6, 6.07) is 12.3. The number of halogens is 2. The van der Waals surface area contributed by atoms with Gasteiger partial charge >= 0.3 is 0 Å². The minimum atomic E-state index is -0.389. The molecule has 0 aliphatic rings. The van der Waals surface area contributed by atoms with Crippen LogP contribution in [0.5, 0.6) is 11.5 Å². The number of benzene rings is 2. The molecule has 25 heavy (non-hydrogen) atoms. The Bertz CT molecular complexity index is 781. The van der Waals surface area contributed by atoms with Crippen molar-refractivity contribution >= 4 is 39.7 Å². The van der Waals surface area contributed by atoms with E-state index >= 15 is 0 Å². The van der Waals surface area contributed by atoms with Gasteiger partial charge in [-0.05, 0) is 36.4 Å². The number of hydrazone groups is 1. The Labute approximate surface area is 159 Å². The van der Waals surface area contributed by atoms with E-state index in [9.17, 15) is 4.79 Å². The van der Waals surface area contributed by atoms with Gasteiger partial charge in [-0.2, -0.15) is 5.10 Å². The number of hydrogen-bond acceptors (Lipinski definition) is 4. The molecule has 0 radical (unpaired) electrons. The van der Waals surface area contributed by atoms with Crippen LogP contribution in [0.1, 0.15) is 5.56 Å². The summed E-state index contributed by atoms with van der Waals surface area (Å²) in [7, 11) is 0. The first-order chi connectivity index (χ1) is 12.1. The number of rotatable bonds is 8. The van der Waals surface area contributed by atoms with E-state index in [1.54, 1.807) is 36.4 Å². The lowest BCUT2D eigenvalue weighted by molar-refractivity contribution is -0.123. The lowest BCUT2D eigenvalue weighted by atomic mass is 10.2. The molecule has 0 heterocycles. The third-order valence-electron chi connectivity index (χ3n) is 2.89. The molecule has 7 heteroatoms. The van der Waals surface area contributed by atoms with Crippen LogP contribution in [-0.4, -0.2) is 25.3 Å². The summed E-state index contributed by atoms with van der Waals surface area (Å²) in [5.74, 6) is 0.759. The zero-order chi connectivity index (χ0) is 18.1. The van der Waals surface area contributed by atoms with Gasteiger partial charge in [-0.15, -0.1) is 0 Å². The van der Waals surface area contributed by atoms with E-state index in [0.29, 0.717) is 28.7 Å². The molecule has 2 aromatic rings. The second-order valence-electron chi connectivity index (χ2n) is 4.82. The first-order valence-corrected chi connectivity index (χ1v) is 8.49. The number of hydrogen-bond donors (Lipinski definition) is 1. The minimum absolute atomic E-state index is 0.171. The van der Waals surface area contributed by atoms with E-state index < -0.39 is 0 Å². The van der Waals surface area contributed by atoms with E-state index in [0.717, 1.165) is 4.47 Å². The average Bonchev–Trinajstić information content (AvgIpc) is 2.59. The summed E-state index contributed by atoms with van der Waals surface area (Å²) in [4.78, 5) is 11.8. The number of carbonyl (C=O) groups excluding carboxylic acids is 1. The van der Waals surface area contributed by atoms with Crippen LogP contribution in [0.15, 0.2) is 64.7 Å². The Morgan fingerprint density at radius 3 is 2.88 bits per heavy atom. The summed E-state index contributed by atoms with van der Waals surface area (Å²) in [5, 5.41) is 4.46. The summed E-state index contributed by atoms with van der Waals surface area (Å²) in [5.41, 5.74) is 3.12. The summed E-state index contributed by atoms with van der Waals surface area (Å²) in [6.45, 7) is 3.82. The van der Waals surface area contributed by atoms with Gasteiger partial charge in [-0.1, -0.05) is 46.3 Å². The van der Waals surface area contributed by atoms with Crippen LogP contribution >= 0.6 is 27.5 Å². The molecule has 0 atom stereocenters. The first-order valence-electron chi connectivity index (χ1n) is 7.32. The smallest absolute Gasteiger partial charge is 0.277 e. The fourth-order valence-corrected chi connectivity index (χ4v) is 2.37. The predicted octanol–water partition coefficient (Wildman–Crippen LogP) is 4.20. The molecule has 0 spiro atoms. The molecule has 5 nitrogen and oxygen atoms in total. The maximum Gasteiger partial charge on any atom is 0.277 e. The highest BCUT2D eigenvalue weighted by molar-refractivity contribution is 9.10. The first kappa shape index (κ1) is 19.0. The van der Waals surface area contributed by atoms with Crippen molar-refractivity contribution in [1.29, 1.82) is 0 Å². The van der Waals surface area contributed by atoms with E-state index in [1.165, 1.54) is 6.21 Å². The van der Waals surface area contributed by atoms with E-state index in [-0.39, 0.29) is 12.5 Å². The molecule has 2 rings (SSSR count). The number of nitrogens with zero attached hydrogens (tertiary/aromatic N) is 1. The number of carbonyl (C=O) groups is 1. The van der Waals surface area contributed by atoms with Crippen molar-refractivity contribution in [1.82, 2.24) is 5.43 Å². The maximum absolute atomic E-state index is 11.8. The van der Waals surface area contributed by atoms with Crippen LogP contribution < -0.4 is 14.9 Å². The quantitative estimate of drug-likeness (QED) is 0.393. The predicted molar refractivity (Wildman–Crippen MR) is 103 cm³/mol. The lowest BCUT2D eigenvalue weighted by Gasteiger charge is -2.07. The van der Waals surface area contributed by atoms with E-state index in [2.05, 4.69) is 33.0 Å². The molecular weight excluding hydrogens is 408 g/mol. The van der Waals surface area contributed by atoms with Gasteiger partial charge in [0.05, 0.1) is 6.21 Å². The maximum atomic E-state index is 11.8. The second kappa shape index (κ2) is 9.86. The van der Waals surface area contributed by atoms with Gasteiger partial charge in [0.15, 0.2) is 6.61 Å². The van der Waals surface area contributed by atoms with Crippen molar-refractivity contribution in [3.05, 3.63) is 70.2 Å². The largest absolute Gasteiger partial charge is 0.489 e. The molecule has 0 fully saturated rings. The standard InChI is InChI=1S/C18H16BrClN2O3/c1-2-8-24-17-7-6-14(19)9-13(17)11-21-22-18(23)12-25-16-5-3-4-15(20)10-16/h2-7,9-11H,1,8,12H2,(H,22,23)/b21-11+. The summed E-state index contributed by atoms with van der Waals surface area (Å²) < 4.78 is 11.7. The van der Waals surface area contributed by atoms with Crippen molar-refractivity contribution in [2.24, 2.45) is 5.10 Å². The molecule has 0 aromatic heterocycles. The lowest BCUT2D eigenvalue weighted by Crippen LogP contribution is -2.24. The highest BCUT2D eigenvalue weighted by Gasteiger charge is 2.04. The highest BCUT2D eigenvalue weighted by atomic mass is 79.9. The van der Waals surface area contributed by atoms with Crippen molar-refractivity contribution in [2.75, 3.05) is 13.2 Å². The Hall–Kier alpha value is -2.31. The topological polar surface area (TPSA) is 59.9 Å². The van der Waals surface area contributed by atoms with Gasteiger partial charge in [0.1, 0.15) is 18.1 Å². The zero-order valence-electron chi connectivity index (χ0n) is 13.2. The molecule has 0 bridgehead atoms. The summed E-state index contributed by atoms with van der Waals surface area (Å²) >= 11 is 9.24. The monoisotopic (exact) mass is 422 g/mol. The van der Waals surface area contributed by atoms with Crippen LogP contribution in [-0.2, 0) is 4.79 Å². The van der Waals surface area contributed by atoms with Crippen molar-refractivity contribution < 1.29 is 14.3 Å². The normalized spacial score (nSPS) is 10.5. The second-order valence-corrected chi connectivity index (χ2v) is 6.17. The zero-order valence-corrected chi connectivity index (χ0v) is 15.6. The van der Waals surface area contributed by atoms with Crippen LogP contribution in [0.25, 0.3) is 0 Å². The molecule has 1 N–H and O–H groups in total. The fraction of sp³-hybridized carbons (Fsp3) is 0.111. The molecule has 0 aliphatic heterocycles. The van der Waals surface area contributed by atoms with Crippen LogP contribution in [0.3, 0.4) is 0 Å². The molecule has 130 valence electrons. The van der Waals surface area contributed by atoms with Crippen LogP contribution in [0.2, 0.25) is 5.02 Å². The molecule has 0 aliphatic carbocycles. The Balaban J connectivity index is 1.90. The van der Waals surface area contributed by atoms with Crippen LogP contribution in [0.4, 0.5) is 0 Å². The SMILES string of the molecule is C=CCOc1ccc(Br)cc1/C=N/NC(=O)COc1cccc(Cl)c1. The molecule has 2 aromatic carbocycles. The van der Waals surface area contributed by atoms with Crippen LogP contribution in [0, 0.1) is 0 Å². The van der Waals surface area contributed by atoms with Gasteiger partial charge in [0, 0.05) is 15.1 Å². The molecular formula is C18H16BrClN2O3. The molecule has 1 amide bonds. The summed E-state index contributed by atoms with van der Waals surface area (Å²) in [6.07, 6.45) is 3.15. The fourth-order valence-electron chi connectivity index (χ4n) is 1.81.